The lowest BCUT2D eigenvalue weighted by Gasteiger charge is -2.15. The Hall–Kier alpha value is -3.15. The molecule has 4 rings (SSSR count). The van der Waals surface area contributed by atoms with Crippen LogP contribution in [0.1, 0.15) is 23.6 Å². The fraction of sp³-hybridized carbons (Fsp3) is 0.211. The van der Waals surface area contributed by atoms with Gasteiger partial charge in [-0.05, 0) is 25.5 Å². The van der Waals surface area contributed by atoms with Gasteiger partial charge in [-0.15, -0.1) is 0 Å². The zero-order valence-corrected chi connectivity index (χ0v) is 14.3. The van der Waals surface area contributed by atoms with E-state index >= 15 is 0 Å². The van der Waals surface area contributed by atoms with E-state index in [1.54, 1.807) is 24.7 Å². The first-order chi connectivity index (χ1) is 12.2. The molecular formula is C19H18N4O2. The van der Waals surface area contributed by atoms with Crippen molar-refractivity contribution in [2.75, 3.05) is 19.0 Å². The lowest BCUT2D eigenvalue weighted by Crippen LogP contribution is -2.02. The third-order valence-corrected chi connectivity index (χ3v) is 4.52. The van der Waals surface area contributed by atoms with Crippen molar-refractivity contribution in [2.45, 2.75) is 13.8 Å². The quantitative estimate of drug-likeness (QED) is 0.561. The molecule has 0 atom stereocenters. The first-order valence-electron chi connectivity index (χ1n) is 8.12. The zero-order valence-electron chi connectivity index (χ0n) is 14.3. The standard InChI is InChI=1S/C19H18N4O2/c1-4-21-14-7-15(24)10(2)18-17(14)16-11-5-6-20-8-12(11)19(23-25-3)13(16)9-22-18/h5-9,21,24H,4H2,1-3H3. The van der Waals surface area contributed by atoms with Crippen LogP contribution in [0, 0.1) is 6.92 Å². The van der Waals surface area contributed by atoms with E-state index in [2.05, 4.69) is 20.4 Å². The Labute approximate surface area is 145 Å². The molecule has 0 radical (unpaired) electrons. The number of anilines is 1. The minimum absolute atomic E-state index is 0.231. The number of fused-ring (bicyclic) bond motifs is 5. The average Bonchev–Trinajstić information content (AvgIpc) is 2.94. The number of aromatic nitrogens is 2. The summed E-state index contributed by atoms with van der Waals surface area (Å²) in [5, 5.41) is 18.8. The Morgan fingerprint density at radius 1 is 1.24 bits per heavy atom. The third-order valence-electron chi connectivity index (χ3n) is 4.52. The van der Waals surface area contributed by atoms with E-state index in [-0.39, 0.29) is 5.75 Å². The van der Waals surface area contributed by atoms with E-state index in [0.717, 1.165) is 56.7 Å². The second kappa shape index (κ2) is 5.73. The number of hydrogen-bond donors (Lipinski definition) is 2. The van der Waals surface area contributed by atoms with Gasteiger partial charge in [-0.2, -0.15) is 0 Å². The van der Waals surface area contributed by atoms with Crippen LogP contribution in [0.4, 0.5) is 5.69 Å². The van der Waals surface area contributed by atoms with Crippen LogP contribution in [0.2, 0.25) is 0 Å². The van der Waals surface area contributed by atoms with E-state index in [1.807, 2.05) is 19.9 Å². The van der Waals surface area contributed by atoms with Crippen molar-refractivity contribution in [3.8, 4) is 16.9 Å². The average molecular weight is 334 g/mol. The second-order valence-corrected chi connectivity index (χ2v) is 5.91. The van der Waals surface area contributed by atoms with E-state index in [9.17, 15) is 5.11 Å². The lowest BCUT2D eigenvalue weighted by atomic mass is 9.98. The molecule has 2 heterocycles. The molecule has 0 bridgehead atoms. The maximum atomic E-state index is 10.3. The van der Waals surface area contributed by atoms with Gasteiger partial charge in [0.05, 0.1) is 5.52 Å². The Bertz CT molecular complexity index is 1030. The molecule has 0 aliphatic heterocycles. The monoisotopic (exact) mass is 334 g/mol. The molecule has 0 amide bonds. The fourth-order valence-corrected chi connectivity index (χ4v) is 3.42. The molecule has 2 N–H and O–H groups in total. The molecule has 1 aliphatic carbocycles. The largest absolute Gasteiger partial charge is 0.508 e. The van der Waals surface area contributed by atoms with Gasteiger partial charge in [0.1, 0.15) is 18.6 Å². The predicted molar refractivity (Wildman–Crippen MR) is 98.2 cm³/mol. The van der Waals surface area contributed by atoms with Crippen LogP contribution in [-0.2, 0) is 4.84 Å². The second-order valence-electron chi connectivity index (χ2n) is 5.91. The third kappa shape index (κ3) is 2.14. The van der Waals surface area contributed by atoms with E-state index in [1.165, 1.54) is 7.11 Å². The molecule has 1 aromatic carbocycles. The van der Waals surface area contributed by atoms with Crippen LogP contribution in [0.3, 0.4) is 0 Å². The van der Waals surface area contributed by atoms with Crippen molar-refractivity contribution in [1.82, 2.24) is 9.97 Å². The predicted octanol–water partition coefficient (Wildman–Crippen LogP) is 3.45. The molecule has 25 heavy (non-hydrogen) atoms. The highest BCUT2D eigenvalue weighted by Crippen LogP contribution is 2.45. The van der Waals surface area contributed by atoms with Gasteiger partial charge in [0.2, 0.25) is 0 Å². The molecule has 3 aromatic rings. The summed E-state index contributed by atoms with van der Waals surface area (Å²) in [6.07, 6.45) is 5.35. The van der Waals surface area contributed by atoms with Crippen molar-refractivity contribution in [3.63, 3.8) is 0 Å². The molecule has 1 aliphatic rings. The van der Waals surface area contributed by atoms with Crippen molar-refractivity contribution < 1.29 is 9.94 Å². The molecule has 6 heteroatoms. The Morgan fingerprint density at radius 2 is 2.08 bits per heavy atom. The number of pyridine rings is 2. The Kier molecular flexibility index (Phi) is 3.53. The SMILES string of the molecule is CCNc1cc(O)c(C)c2ncc3c(c12)-c1ccncc1C3=NOC. The molecular weight excluding hydrogens is 316 g/mol. The maximum Gasteiger partial charge on any atom is 0.122 e. The summed E-state index contributed by atoms with van der Waals surface area (Å²) >= 11 is 0. The lowest BCUT2D eigenvalue weighted by molar-refractivity contribution is 0.214. The van der Waals surface area contributed by atoms with Crippen LogP contribution < -0.4 is 5.32 Å². The highest BCUT2D eigenvalue weighted by Gasteiger charge is 2.30. The van der Waals surface area contributed by atoms with Gasteiger partial charge in [0.15, 0.2) is 0 Å². The molecule has 0 spiro atoms. The number of nitrogens with one attached hydrogen (secondary N) is 1. The molecule has 0 saturated heterocycles. The summed E-state index contributed by atoms with van der Waals surface area (Å²) in [6.45, 7) is 4.64. The molecule has 0 saturated carbocycles. The van der Waals surface area contributed by atoms with Crippen molar-refractivity contribution >= 4 is 22.3 Å². The smallest absolute Gasteiger partial charge is 0.122 e. The highest BCUT2D eigenvalue weighted by molar-refractivity contribution is 6.28. The van der Waals surface area contributed by atoms with Crippen LogP contribution in [0.5, 0.6) is 5.75 Å². The number of benzene rings is 1. The van der Waals surface area contributed by atoms with Gasteiger partial charge >= 0.3 is 0 Å². The van der Waals surface area contributed by atoms with E-state index in [4.69, 9.17) is 4.84 Å². The number of oxime groups is 1. The number of aromatic hydroxyl groups is 1. The first-order valence-corrected chi connectivity index (χ1v) is 8.12. The molecule has 6 nitrogen and oxygen atoms in total. The van der Waals surface area contributed by atoms with Crippen LogP contribution in [-0.4, -0.2) is 34.4 Å². The zero-order chi connectivity index (χ0) is 17.6. The number of hydrogen-bond acceptors (Lipinski definition) is 6. The summed E-state index contributed by atoms with van der Waals surface area (Å²) in [5.41, 5.74) is 7.01. The summed E-state index contributed by atoms with van der Waals surface area (Å²) in [5.74, 6) is 0.231. The minimum atomic E-state index is 0.231. The number of phenols is 1. The maximum absolute atomic E-state index is 10.3. The number of rotatable bonds is 3. The fourth-order valence-electron chi connectivity index (χ4n) is 3.42. The number of nitrogens with zero attached hydrogens (tertiary/aromatic N) is 3. The molecule has 2 aromatic heterocycles. The molecule has 0 unspecified atom stereocenters. The Morgan fingerprint density at radius 3 is 2.84 bits per heavy atom. The summed E-state index contributed by atoms with van der Waals surface area (Å²) < 4.78 is 0. The van der Waals surface area contributed by atoms with Crippen LogP contribution >= 0.6 is 0 Å². The van der Waals surface area contributed by atoms with E-state index in [0.29, 0.717) is 0 Å². The summed E-state index contributed by atoms with van der Waals surface area (Å²) in [6, 6.07) is 3.74. The molecule has 0 fully saturated rings. The van der Waals surface area contributed by atoms with Crippen molar-refractivity contribution in [3.05, 3.63) is 47.4 Å². The molecule has 126 valence electrons. The van der Waals surface area contributed by atoms with Gasteiger partial charge in [0.25, 0.3) is 0 Å². The van der Waals surface area contributed by atoms with Gasteiger partial charge in [-0.1, -0.05) is 5.16 Å². The van der Waals surface area contributed by atoms with Crippen LogP contribution in [0.15, 0.2) is 35.9 Å². The number of phenolic OH excluding ortho intramolecular Hbond substituents is 1. The van der Waals surface area contributed by atoms with Crippen LogP contribution in [0.25, 0.3) is 22.0 Å². The summed E-state index contributed by atoms with van der Waals surface area (Å²) in [4.78, 5) is 13.9. The van der Waals surface area contributed by atoms with Gasteiger partial charge < -0.3 is 15.3 Å². The normalized spacial score (nSPS) is 13.8. The summed E-state index contributed by atoms with van der Waals surface area (Å²) in [7, 11) is 1.53. The number of aryl methyl sites for hydroxylation is 1. The van der Waals surface area contributed by atoms with Crippen molar-refractivity contribution in [1.29, 1.82) is 0 Å². The Balaban J connectivity index is 2.18. The van der Waals surface area contributed by atoms with Gasteiger partial charge in [0, 0.05) is 64.5 Å². The van der Waals surface area contributed by atoms with Gasteiger partial charge in [-0.3, -0.25) is 9.97 Å². The van der Waals surface area contributed by atoms with Gasteiger partial charge in [-0.25, -0.2) is 0 Å². The topological polar surface area (TPSA) is 79.6 Å². The van der Waals surface area contributed by atoms with Crippen molar-refractivity contribution in [2.24, 2.45) is 5.16 Å². The first kappa shape index (κ1) is 15.4. The highest BCUT2D eigenvalue weighted by atomic mass is 16.6. The minimum Gasteiger partial charge on any atom is -0.508 e. The van der Waals surface area contributed by atoms with E-state index < -0.39 is 0 Å².